The Morgan fingerprint density at radius 1 is 0.484 bits per heavy atom. The topological polar surface area (TPSA) is 54.6 Å². The highest BCUT2D eigenvalue weighted by atomic mass is 15.1. The minimum atomic E-state index is 0.616. The standard InChI is InChI=1S/2C7H18N2.C6H15N.C5H13N/c2*1-7(2)8-5-6-9(3)4;1-5(2)7-6(3)4;1-4-6-5(2)3/h2*7-8H,5-6H2,1-4H3;5-7H,1-4H3;5-6H,4H2,1-3H3. The van der Waals surface area contributed by atoms with E-state index in [4.69, 9.17) is 0 Å². The van der Waals surface area contributed by atoms with Crippen LogP contribution in [0, 0.1) is 0 Å². The molecule has 0 aromatic heterocycles. The third-order valence-corrected chi connectivity index (χ3v) is 3.50. The van der Waals surface area contributed by atoms with E-state index in [1.807, 2.05) is 0 Å². The van der Waals surface area contributed by atoms with Gasteiger partial charge in [-0.2, -0.15) is 0 Å². The average Bonchev–Trinajstić information content (AvgIpc) is 2.53. The van der Waals surface area contributed by atoms with Gasteiger partial charge >= 0.3 is 0 Å². The fourth-order valence-electron chi connectivity index (χ4n) is 2.23. The van der Waals surface area contributed by atoms with Crippen LogP contribution in [0.25, 0.3) is 0 Å². The summed E-state index contributed by atoms with van der Waals surface area (Å²) in [6.45, 7) is 29.2. The lowest BCUT2D eigenvalue weighted by Crippen LogP contribution is -2.30. The normalized spacial score (nSPS) is 11.0. The summed E-state index contributed by atoms with van der Waals surface area (Å²) >= 11 is 0. The van der Waals surface area contributed by atoms with Crippen LogP contribution in [0.3, 0.4) is 0 Å². The van der Waals surface area contributed by atoms with Gasteiger partial charge in [0.05, 0.1) is 0 Å². The van der Waals surface area contributed by atoms with E-state index in [9.17, 15) is 0 Å². The van der Waals surface area contributed by atoms with E-state index in [2.05, 4.69) is 135 Å². The Morgan fingerprint density at radius 2 is 0.774 bits per heavy atom. The maximum Gasteiger partial charge on any atom is 0.0101 e. The van der Waals surface area contributed by atoms with Crippen LogP contribution >= 0.6 is 0 Å². The summed E-state index contributed by atoms with van der Waals surface area (Å²) in [5, 5.41) is 13.2. The van der Waals surface area contributed by atoms with Crippen LogP contribution in [-0.4, -0.2) is 101 Å². The Bertz CT molecular complexity index is 262. The third kappa shape index (κ3) is 65.2. The van der Waals surface area contributed by atoms with Crippen molar-refractivity contribution in [2.75, 3.05) is 60.9 Å². The van der Waals surface area contributed by atoms with Crippen molar-refractivity contribution in [3.05, 3.63) is 0 Å². The van der Waals surface area contributed by atoms with E-state index >= 15 is 0 Å². The van der Waals surface area contributed by atoms with Crippen LogP contribution in [0.15, 0.2) is 0 Å². The van der Waals surface area contributed by atoms with Crippen LogP contribution in [0.2, 0.25) is 0 Å². The van der Waals surface area contributed by atoms with E-state index in [0.717, 1.165) is 32.7 Å². The molecule has 0 radical (unpaired) electrons. The lowest BCUT2D eigenvalue weighted by Gasteiger charge is -2.11. The largest absolute Gasteiger partial charge is 0.315 e. The van der Waals surface area contributed by atoms with Crippen LogP contribution < -0.4 is 21.3 Å². The first-order valence-electron chi connectivity index (χ1n) is 12.4. The van der Waals surface area contributed by atoms with E-state index in [1.165, 1.54) is 0 Å². The van der Waals surface area contributed by atoms with Crippen molar-refractivity contribution in [3.63, 3.8) is 0 Å². The molecule has 0 fully saturated rings. The zero-order valence-electron chi connectivity index (χ0n) is 24.3. The van der Waals surface area contributed by atoms with Crippen molar-refractivity contribution >= 4 is 0 Å². The maximum absolute atomic E-state index is 3.34. The van der Waals surface area contributed by atoms with Gasteiger partial charge in [-0.3, -0.25) is 0 Å². The first kappa shape index (κ1) is 38.0. The number of rotatable bonds is 12. The van der Waals surface area contributed by atoms with Crippen molar-refractivity contribution in [1.82, 2.24) is 31.1 Å². The molecule has 194 valence electrons. The number of likely N-dealkylation sites (N-methyl/N-ethyl adjacent to an activating group) is 2. The lowest BCUT2D eigenvalue weighted by atomic mass is 10.3. The quantitative estimate of drug-likeness (QED) is 0.367. The molecule has 4 N–H and O–H groups in total. The molecule has 0 bridgehead atoms. The Labute approximate surface area is 198 Å². The molecule has 0 aliphatic carbocycles. The van der Waals surface area contributed by atoms with E-state index in [-0.39, 0.29) is 0 Å². The number of nitrogens with zero attached hydrogens (tertiary/aromatic N) is 2. The molecule has 31 heavy (non-hydrogen) atoms. The summed E-state index contributed by atoms with van der Waals surface area (Å²) in [5.74, 6) is 0. The summed E-state index contributed by atoms with van der Waals surface area (Å²) in [6, 6.07) is 3.13. The van der Waals surface area contributed by atoms with Gasteiger partial charge in [0.1, 0.15) is 0 Å². The van der Waals surface area contributed by atoms with Gasteiger partial charge in [0.2, 0.25) is 0 Å². The molecule has 0 aliphatic rings. The van der Waals surface area contributed by atoms with Gasteiger partial charge in [-0.05, 0) is 34.7 Å². The molecular weight excluding hydrogens is 384 g/mol. The summed E-state index contributed by atoms with van der Waals surface area (Å²) in [6.07, 6.45) is 0. The Hall–Kier alpha value is -0.240. The molecule has 0 unspecified atom stereocenters. The molecule has 0 heterocycles. The molecule has 0 spiro atoms. The molecule has 0 aromatic rings. The molecule has 0 aliphatic heterocycles. The highest BCUT2D eigenvalue weighted by Gasteiger charge is 1.93. The van der Waals surface area contributed by atoms with Crippen molar-refractivity contribution in [2.24, 2.45) is 0 Å². The Balaban J connectivity index is -0.000000159. The summed E-state index contributed by atoms with van der Waals surface area (Å²) in [4.78, 5) is 4.35. The first-order valence-corrected chi connectivity index (χ1v) is 12.4. The van der Waals surface area contributed by atoms with Crippen LogP contribution in [0.1, 0.15) is 76.2 Å². The van der Waals surface area contributed by atoms with E-state index in [1.54, 1.807) is 0 Å². The minimum Gasteiger partial charge on any atom is -0.315 e. The average molecular weight is 449 g/mol. The second-order valence-electron chi connectivity index (χ2n) is 10.0. The monoisotopic (exact) mass is 449 g/mol. The van der Waals surface area contributed by atoms with Crippen molar-refractivity contribution in [2.45, 2.75) is 106 Å². The van der Waals surface area contributed by atoms with Gasteiger partial charge < -0.3 is 31.1 Å². The second kappa shape index (κ2) is 27.8. The molecule has 0 amide bonds. The highest BCUT2D eigenvalue weighted by molar-refractivity contribution is 4.56. The highest BCUT2D eigenvalue weighted by Crippen LogP contribution is 1.81. The summed E-state index contributed by atoms with van der Waals surface area (Å²) < 4.78 is 0. The SMILES string of the molecule is CC(C)NC(C)C.CC(C)NCCN(C)C.CC(C)NCCN(C)C.CCNC(C)C. The van der Waals surface area contributed by atoms with Gasteiger partial charge in [-0.1, -0.05) is 76.2 Å². The molecule has 6 nitrogen and oxygen atoms in total. The van der Waals surface area contributed by atoms with Gasteiger partial charge in [-0.15, -0.1) is 0 Å². The lowest BCUT2D eigenvalue weighted by molar-refractivity contribution is 0.391. The zero-order chi connectivity index (χ0) is 25.4. The molecule has 0 rings (SSSR count). The zero-order valence-corrected chi connectivity index (χ0v) is 24.3. The second-order valence-corrected chi connectivity index (χ2v) is 10.0. The van der Waals surface area contributed by atoms with E-state index in [0.29, 0.717) is 30.2 Å². The van der Waals surface area contributed by atoms with Gasteiger partial charge in [0, 0.05) is 56.4 Å². The van der Waals surface area contributed by atoms with Gasteiger partial charge in [-0.25, -0.2) is 0 Å². The smallest absolute Gasteiger partial charge is 0.0101 e. The van der Waals surface area contributed by atoms with Crippen molar-refractivity contribution in [1.29, 1.82) is 0 Å². The predicted octanol–water partition coefficient (Wildman–Crippen LogP) is 3.49. The molecule has 6 heteroatoms. The van der Waals surface area contributed by atoms with E-state index < -0.39 is 0 Å². The van der Waals surface area contributed by atoms with Crippen LogP contribution in [0.5, 0.6) is 0 Å². The maximum atomic E-state index is 3.34. The summed E-state index contributed by atoms with van der Waals surface area (Å²) in [5.41, 5.74) is 0. The number of hydrogen-bond acceptors (Lipinski definition) is 6. The van der Waals surface area contributed by atoms with Gasteiger partial charge in [0.15, 0.2) is 0 Å². The van der Waals surface area contributed by atoms with Crippen LogP contribution in [-0.2, 0) is 0 Å². The molecular formula is C25H64N6. The number of hydrogen-bond donors (Lipinski definition) is 4. The molecule has 0 saturated heterocycles. The first-order chi connectivity index (χ1) is 14.1. The predicted molar refractivity (Wildman–Crippen MR) is 146 cm³/mol. The number of nitrogens with one attached hydrogen (secondary N) is 4. The van der Waals surface area contributed by atoms with Gasteiger partial charge in [0.25, 0.3) is 0 Å². The molecule has 0 atom stereocenters. The Morgan fingerprint density at radius 3 is 0.871 bits per heavy atom. The summed E-state index contributed by atoms with van der Waals surface area (Å²) in [7, 11) is 8.34. The Kier molecular flexibility index (Phi) is 34.1. The fraction of sp³-hybridized carbons (Fsp3) is 1.00. The van der Waals surface area contributed by atoms with Crippen LogP contribution in [0.4, 0.5) is 0 Å². The molecule has 0 saturated carbocycles. The van der Waals surface area contributed by atoms with Crippen molar-refractivity contribution in [3.8, 4) is 0 Å². The molecule has 0 aromatic carbocycles. The fourth-order valence-corrected chi connectivity index (χ4v) is 2.23. The third-order valence-electron chi connectivity index (χ3n) is 3.50. The minimum absolute atomic E-state index is 0.616. The van der Waals surface area contributed by atoms with Crippen molar-refractivity contribution < 1.29 is 0 Å².